The second-order valence-corrected chi connectivity index (χ2v) is 3.71. The van der Waals surface area contributed by atoms with E-state index in [4.69, 9.17) is 18.9 Å². The van der Waals surface area contributed by atoms with Gasteiger partial charge in [-0.3, -0.25) is 0 Å². The van der Waals surface area contributed by atoms with Crippen LogP contribution >= 0.6 is 0 Å². The van der Waals surface area contributed by atoms with Crippen molar-refractivity contribution in [2.24, 2.45) is 0 Å². The van der Waals surface area contributed by atoms with Crippen LogP contribution in [0.2, 0.25) is 0 Å². The first-order valence-electron chi connectivity index (χ1n) is 5.20. The zero-order valence-electron chi connectivity index (χ0n) is 9.78. The molecule has 0 unspecified atom stereocenters. The fourth-order valence-electron chi connectivity index (χ4n) is 1.84. The third-order valence-electron chi connectivity index (χ3n) is 2.73. The molecular weight excluding hydrogens is 208 g/mol. The van der Waals surface area contributed by atoms with Crippen molar-refractivity contribution in [3.05, 3.63) is 23.8 Å². The SMILES string of the molecule is COc1ccc(OC)c(C2(C)OCCO2)c1. The molecule has 0 radical (unpaired) electrons. The average molecular weight is 224 g/mol. The van der Waals surface area contributed by atoms with Crippen molar-refractivity contribution in [1.82, 2.24) is 0 Å². The van der Waals surface area contributed by atoms with Gasteiger partial charge in [0, 0.05) is 0 Å². The Hall–Kier alpha value is -1.26. The van der Waals surface area contributed by atoms with Crippen molar-refractivity contribution in [3.63, 3.8) is 0 Å². The van der Waals surface area contributed by atoms with Crippen LogP contribution in [0.25, 0.3) is 0 Å². The van der Waals surface area contributed by atoms with Gasteiger partial charge in [-0.25, -0.2) is 0 Å². The summed E-state index contributed by atoms with van der Waals surface area (Å²) in [5, 5.41) is 0. The van der Waals surface area contributed by atoms with E-state index in [1.165, 1.54) is 0 Å². The fraction of sp³-hybridized carbons (Fsp3) is 0.500. The number of hydrogen-bond donors (Lipinski definition) is 0. The first kappa shape index (κ1) is 11.2. The molecule has 16 heavy (non-hydrogen) atoms. The third-order valence-corrected chi connectivity index (χ3v) is 2.73. The van der Waals surface area contributed by atoms with Crippen LogP contribution in [0.1, 0.15) is 12.5 Å². The van der Waals surface area contributed by atoms with Gasteiger partial charge in [0.05, 0.1) is 33.0 Å². The monoisotopic (exact) mass is 224 g/mol. The van der Waals surface area contributed by atoms with E-state index < -0.39 is 5.79 Å². The Kier molecular flexibility index (Phi) is 3.03. The van der Waals surface area contributed by atoms with Crippen LogP contribution in [0.4, 0.5) is 0 Å². The van der Waals surface area contributed by atoms with E-state index in [1.807, 2.05) is 25.1 Å². The molecule has 1 aliphatic rings. The molecule has 0 N–H and O–H groups in total. The summed E-state index contributed by atoms with van der Waals surface area (Å²) in [6, 6.07) is 5.58. The van der Waals surface area contributed by atoms with Gasteiger partial charge in [0.15, 0.2) is 5.79 Å². The van der Waals surface area contributed by atoms with Gasteiger partial charge in [0.1, 0.15) is 11.5 Å². The molecule has 4 heteroatoms. The second kappa shape index (κ2) is 4.31. The summed E-state index contributed by atoms with van der Waals surface area (Å²) in [4.78, 5) is 0. The Bertz CT molecular complexity index is 369. The van der Waals surface area contributed by atoms with Gasteiger partial charge >= 0.3 is 0 Å². The zero-order valence-corrected chi connectivity index (χ0v) is 9.78. The van der Waals surface area contributed by atoms with Crippen LogP contribution in [0, 0.1) is 0 Å². The molecular formula is C12H16O4. The van der Waals surface area contributed by atoms with Crippen LogP contribution in [-0.4, -0.2) is 27.4 Å². The molecule has 0 spiro atoms. The molecule has 0 atom stereocenters. The Morgan fingerprint density at radius 3 is 2.38 bits per heavy atom. The fourth-order valence-corrected chi connectivity index (χ4v) is 1.84. The third kappa shape index (κ3) is 1.86. The van der Waals surface area contributed by atoms with E-state index in [0.29, 0.717) is 13.2 Å². The van der Waals surface area contributed by atoms with Gasteiger partial charge in [-0.15, -0.1) is 0 Å². The topological polar surface area (TPSA) is 36.9 Å². The second-order valence-electron chi connectivity index (χ2n) is 3.71. The smallest absolute Gasteiger partial charge is 0.195 e. The Balaban J connectivity index is 2.43. The molecule has 1 fully saturated rings. The minimum Gasteiger partial charge on any atom is -0.497 e. The molecule has 1 heterocycles. The number of benzene rings is 1. The molecule has 1 aliphatic heterocycles. The zero-order chi connectivity index (χ0) is 11.6. The molecule has 1 aromatic rings. The Morgan fingerprint density at radius 2 is 1.81 bits per heavy atom. The Morgan fingerprint density at radius 1 is 1.12 bits per heavy atom. The van der Waals surface area contributed by atoms with E-state index >= 15 is 0 Å². The summed E-state index contributed by atoms with van der Waals surface area (Å²) in [5.74, 6) is 0.765. The highest BCUT2D eigenvalue weighted by Crippen LogP contribution is 2.38. The average Bonchev–Trinajstić information content (AvgIpc) is 2.76. The van der Waals surface area contributed by atoms with Gasteiger partial charge in [0.25, 0.3) is 0 Å². The summed E-state index contributed by atoms with van der Waals surface area (Å²) < 4.78 is 21.7. The number of rotatable bonds is 3. The lowest BCUT2D eigenvalue weighted by molar-refractivity contribution is -0.150. The molecule has 4 nitrogen and oxygen atoms in total. The maximum atomic E-state index is 5.61. The van der Waals surface area contributed by atoms with Crippen LogP contribution in [0.5, 0.6) is 11.5 Å². The highest BCUT2D eigenvalue weighted by Gasteiger charge is 2.36. The number of ether oxygens (including phenoxy) is 4. The van der Waals surface area contributed by atoms with E-state index in [9.17, 15) is 0 Å². The molecule has 0 saturated carbocycles. The van der Waals surface area contributed by atoms with Gasteiger partial charge < -0.3 is 18.9 Å². The van der Waals surface area contributed by atoms with Gasteiger partial charge in [-0.05, 0) is 25.1 Å². The highest BCUT2D eigenvalue weighted by molar-refractivity contribution is 5.43. The molecule has 0 aliphatic carbocycles. The lowest BCUT2D eigenvalue weighted by atomic mass is 10.1. The maximum absolute atomic E-state index is 5.61. The lowest BCUT2D eigenvalue weighted by Crippen LogP contribution is -2.23. The molecule has 88 valence electrons. The van der Waals surface area contributed by atoms with Crippen molar-refractivity contribution in [1.29, 1.82) is 0 Å². The predicted molar refractivity (Wildman–Crippen MR) is 58.8 cm³/mol. The van der Waals surface area contributed by atoms with E-state index in [2.05, 4.69) is 0 Å². The highest BCUT2D eigenvalue weighted by atomic mass is 16.7. The van der Waals surface area contributed by atoms with Crippen LogP contribution in [0.15, 0.2) is 18.2 Å². The van der Waals surface area contributed by atoms with Crippen LogP contribution in [0.3, 0.4) is 0 Å². The summed E-state index contributed by atoms with van der Waals surface area (Å²) in [6.45, 7) is 3.07. The van der Waals surface area contributed by atoms with Gasteiger partial charge in [0.2, 0.25) is 0 Å². The molecule has 0 bridgehead atoms. The predicted octanol–water partition coefficient (Wildman–Crippen LogP) is 1.92. The van der Waals surface area contributed by atoms with E-state index in [-0.39, 0.29) is 0 Å². The van der Waals surface area contributed by atoms with Crippen molar-refractivity contribution >= 4 is 0 Å². The summed E-state index contributed by atoms with van der Waals surface area (Å²) in [7, 11) is 3.26. The largest absolute Gasteiger partial charge is 0.497 e. The molecule has 1 aromatic carbocycles. The summed E-state index contributed by atoms with van der Waals surface area (Å²) in [5.41, 5.74) is 0.854. The summed E-state index contributed by atoms with van der Waals surface area (Å²) in [6.07, 6.45) is 0. The number of methoxy groups -OCH3 is 2. The van der Waals surface area contributed by atoms with Gasteiger partial charge in [-0.2, -0.15) is 0 Å². The normalized spacial score (nSPS) is 18.4. The maximum Gasteiger partial charge on any atom is 0.195 e. The molecule has 1 saturated heterocycles. The molecule has 0 amide bonds. The minimum absolute atomic E-state index is 0.594. The van der Waals surface area contributed by atoms with Crippen molar-refractivity contribution in [3.8, 4) is 11.5 Å². The van der Waals surface area contributed by atoms with Crippen LogP contribution < -0.4 is 9.47 Å². The summed E-state index contributed by atoms with van der Waals surface area (Å²) >= 11 is 0. The Labute approximate surface area is 95.1 Å². The van der Waals surface area contributed by atoms with E-state index in [1.54, 1.807) is 14.2 Å². The number of hydrogen-bond acceptors (Lipinski definition) is 4. The van der Waals surface area contributed by atoms with E-state index in [0.717, 1.165) is 17.1 Å². The van der Waals surface area contributed by atoms with Crippen LogP contribution in [-0.2, 0) is 15.3 Å². The van der Waals surface area contributed by atoms with Crippen molar-refractivity contribution in [2.75, 3.05) is 27.4 Å². The minimum atomic E-state index is -0.736. The van der Waals surface area contributed by atoms with Crippen molar-refractivity contribution < 1.29 is 18.9 Å². The molecule has 0 aromatic heterocycles. The molecule has 2 rings (SSSR count). The first-order chi connectivity index (χ1) is 7.69. The van der Waals surface area contributed by atoms with Gasteiger partial charge in [-0.1, -0.05) is 0 Å². The first-order valence-corrected chi connectivity index (χ1v) is 5.20. The quantitative estimate of drug-likeness (QED) is 0.786. The standard InChI is InChI=1S/C12H16O4/c1-12(15-6-7-16-12)10-8-9(13-2)4-5-11(10)14-3/h4-5,8H,6-7H2,1-3H3. The lowest BCUT2D eigenvalue weighted by Gasteiger charge is -2.25. The van der Waals surface area contributed by atoms with Crippen molar-refractivity contribution in [2.45, 2.75) is 12.7 Å².